The van der Waals surface area contributed by atoms with Crippen LogP contribution in [0, 0.1) is 0 Å². The highest BCUT2D eigenvalue weighted by molar-refractivity contribution is 9.12. The first kappa shape index (κ1) is 17.4. The Hall–Kier alpha value is -1.92. The average molecular weight is 438 g/mol. The first-order chi connectivity index (χ1) is 11.1. The Morgan fingerprint density at radius 1 is 1.13 bits per heavy atom. The predicted octanol–water partition coefficient (Wildman–Crippen LogP) is 4.37. The van der Waals surface area contributed by atoms with Crippen LogP contribution < -0.4 is 10.2 Å². The SMILES string of the molecule is O=C(COc1ccc(Br)cc1)N/N=C\C(Br)=C\c1ccccc1. The number of halogens is 2. The van der Waals surface area contributed by atoms with Gasteiger partial charge in [0.1, 0.15) is 5.75 Å². The van der Waals surface area contributed by atoms with E-state index in [-0.39, 0.29) is 12.5 Å². The number of nitrogens with zero attached hydrogens (tertiary/aromatic N) is 1. The molecule has 0 aliphatic heterocycles. The van der Waals surface area contributed by atoms with Crippen LogP contribution in [0.25, 0.3) is 6.08 Å². The third-order valence-electron chi connectivity index (χ3n) is 2.66. The van der Waals surface area contributed by atoms with E-state index in [9.17, 15) is 4.79 Å². The summed E-state index contributed by atoms with van der Waals surface area (Å²) in [6.45, 7) is -0.0982. The number of nitrogens with one attached hydrogen (secondary N) is 1. The summed E-state index contributed by atoms with van der Waals surface area (Å²) in [5.74, 6) is 0.293. The van der Waals surface area contributed by atoms with Crippen LogP contribution in [0.1, 0.15) is 5.56 Å². The molecule has 0 bridgehead atoms. The lowest BCUT2D eigenvalue weighted by Gasteiger charge is -2.04. The summed E-state index contributed by atoms with van der Waals surface area (Å²) in [5.41, 5.74) is 3.44. The van der Waals surface area contributed by atoms with Gasteiger partial charge in [0.05, 0.1) is 6.21 Å². The molecule has 4 nitrogen and oxygen atoms in total. The molecule has 0 aliphatic rings. The standard InChI is InChI=1S/C17H14Br2N2O2/c18-14-6-8-16(9-7-14)23-12-17(22)21-20-11-15(19)10-13-4-2-1-3-5-13/h1-11H,12H2,(H,21,22)/b15-10-,20-11-. The maximum Gasteiger partial charge on any atom is 0.277 e. The molecule has 0 saturated heterocycles. The maximum absolute atomic E-state index is 11.6. The highest BCUT2D eigenvalue weighted by atomic mass is 79.9. The van der Waals surface area contributed by atoms with Gasteiger partial charge in [-0.05, 0) is 51.8 Å². The third kappa shape index (κ3) is 6.80. The summed E-state index contributed by atoms with van der Waals surface area (Å²) in [7, 11) is 0. The van der Waals surface area contributed by atoms with Crippen molar-refractivity contribution in [1.29, 1.82) is 0 Å². The van der Waals surface area contributed by atoms with Crippen LogP contribution in [0.5, 0.6) is 5.75 Å². The Morgan fingerprint density at radius 2 is 1.83 bits per heavy atom. The minimum Gasteiger partial charge on any atom is -0.484 e. The Morgan fingerprint density at radius 3 is 2.52 bits per heavy atom. The maximum atomic E-state index is 11.6. The summed E-state index contributed by atoms with van der Waals surface area (Å²) in [4.78, 5) is 11.6. The van der Waals surface area contributed by atoms with E-state index in [1.54, 1.807) is 12.1 Å². The van der Waals surface area contributed by atoms with E-state index < -0.39 is 0 Å². The van der Waals surface area contributed by atoms with Crippen LogP contribution in [0.3, 0.4) is 0 Å². The number of hydrazone groups is 1. The van der Waals surface area contributed by atoms with Crippen molar-refractivity contribution in [3.63, 3.8) is 0 Å². The van der Waals surface area contributed by atoms with Crippen LogP contribution in [-0.2, 0) is 4.79 Å². The highest BCUT2D eigenvalue weighted by Gasteiger charge is 2.01. The molecule has 23 heavy (non-hydrogen) atoms. The van der Waals surface area contributed by atoms with Gasteiger partial charge in [0.2, 0.25) is 0 Å². The highest BCUT2D eigenvalue weighted by Crippen LogP contribution is 2.15. The summed E-state index contributed by atoms with van der Waals surface area (Å²) in [6.07, 6.45) is 3.42. The van der Waals surface area contributed by atoms with E-state index in [0.29, 0.717) is 5.75 Å². The number of amides is 1. The van der Waals surface area contributed by atoms with Gasteiger partial charge >= 0.3 is 0 Å². The molecule has 2 aromatic carbocycles. The fraction of sp³-hybridized carbons (Fsp3) is 0.0588. The van der Waals surface area contributed by atoms with Crippen molar-refractivity contribution >= 4 is 50.1 Å². The molecule has 1 N–H and O–H groups in total. The number of ether oxygens (including phenoxy) is 1. The normalized spacial score (nSPS) is 11.5. The number of benzene rings is 2. The fourth-order valence-electron chi connectivity index (χ4n) is 1.62. The van der Waals surface area contributed by atoms with Crippen LogP contribution in [-0.4, -0.2) is 18.7 Å². The summed E-state index contributed by atoms with van der Waals surface area (Å²) >= 11 is 6.71. The Balaban J connectivity index is 1.77. The second-order valence-corrected chi connectivity index (χ2v) is 6.31. The molecule has 0 aliphatic carbocycles. The molecule has 0 fully saturated rings. The molecular weight excluding hydrogens is 424 g/mol. The van der Waals surface area contributed by atoms with Crippen molar-refractivity contribution in [1.82, 2.24) is 5.43 Å². The van der Waals surface area contributed by atoms with Gasteiger partial charge in [-0.25, -0.2) is 5.43 Å². The molecule has 1 amide bonds. The van der Waals surface area contributed by atoms with Crippen molar-refractivity contribution in [2.45, 2.75) is 0 Å². The zero-order valence-corrected chi connectivity index (χ0v) is 15.2. The number of rotatable bonds is 6. The second kappa shape index (κ2) is 9.27. The number of hydrogen-bond acceptors (Lipinski definition) is 3. The van der Waals surface area contributed by atoms with E-state index in [4.69, 9.17) is 4.74 Å². The second-order valence-electron chi connectivity index (χ2n) is 4.48. The van der Waals surface area contributed by atoms with Crippen LogP contribution in [0.2, 0.25) is 0 Å². The minimum absolute atomic E-state index is 0.0982. The summed E-state index contributed by atoms with van der Waals surface area (Å²) in [5, 5.41) is 3.87. The van der Waals surface area contributed by atoms with Crippen LogP contribution in [0.15, 0.2) is 68.7 Å². The lowest BCUT2D eigenvalue weighted by Crippen LogP contribution is -2.24. The minimum atomic E-state index is -0.329. The van der Waals surface area contributed by atoms with Gasteiger partial charge in [0, 0.05) is 8.96 Å². The molecule has 0 radical (unpaired) electrons. The number of carbonyl (C=O) groups is 1. The zero-order valence-electron chi connectivity index (χ0n) is 12.1. The van der Waals surface area contributed by atoms with E-state index in [0.717, 1.165) is 14.5 Å². The Labute approximate surface area is 151 Å². The molecule has 6 heteroatoms. The number of allylic oxidation sites excluding steroid dienone is 1. The molecule has 118 valence electrons. The molecule has 0 spiro atoms. The lowest BCUT2D eigenvalue weighted by molar-refractivity contribution is -0.123. The van der Waals surface area contributed by atoms with E-state index in [1.807, 2.05) is 48.5 Å². The molecule has 0 heterocycles. The monoisotopic (exact) mass is 436 g/mol. The molecule has 0 atom stereocenters. The Bertz CT molecular complexity index is 698. The van der Waals surface area contributed by atoms with Crippen molar-refractivity contribution in [2.24, 2.45) is 5.10 Å². The smallest absolute Gasteiger partial charge is 0.277 e. The van der Waals surface area contributed by atoms with Crippen molar-refractivity contribution in [3.05, 3.63) is 69.1 Å². The van der Waals surface area contributed by atoms with Gasteiger partial charge in [-0.15, -0.1) is 0 Å². The lowest BCUT2D eigenvalue weighted by atomic mass is 10.2. The number of hydrogen-bond donors (Lipinski definition) is 1. The zero-order chi connectivity index (χ0) is 16.5. The van der Waals surface area contributed by atoms with Crippen molar-refractivity contribution in [2.75, 3.05) is 6.61 Å². The predicted molar refractivity (Wildman–Crippen MR) is 99.6 cm³/mol. The summed E-state index contributed by atoms with van der Waals surface area (Å²) in [6, 6.07) is 17.0. The first-order valence-electron chi connectivity index (χ1n) is 6.76. The van der Waals surface area contributed by atoms with Gasteiger partial charge in [0.15, 0.2) is 6.61 Å². The van der Waals surface area contributed by atoms with Crippen LogP contribution in [0.4, 0.5) is 0 Å². The Kier molecular flexibility index (Phi) is 7.03. The van der Waals surface area contributed by atoms with Gasteiger partial charge < -0.3 is 4.74 Å². The molecular formula is C17H14Br2N2O2. The van der Waals surface area contributed by atoms with Crippen molar-refractivity contribution in [3.8, 4) is 5.75 Å². The molecule has 2 aromatic rings. The van der Waals surface area contributed by atoms with Gasteiger partial charge in [-0.1, -0.05) is 46.3 Å². The average Bonchev–Trinajstić information content (AvgIpc) is 2.55. The summed E-state index contributed by atoms with van der Waals surface area (Å²) < 4.78 is 7.04. The molecule has 2 rings (SSSR count). The van der Waals surface area contributed by atoms with Gasteiger partial charge in [0.25, 0.3) is 5.91 Å². The van der Waals surface area contributed by atoms with E-state index in [2.05, 4.69) is 42.4 Å². The van der Waals surface area contributed by atoms with Crippen molar-refractivity contribution < 1.29 is 9.53 Å². The molecule has 0 aromatic heterocycles. The fourth-order valence-corrected chi connectivity index (χ4v) is 2.25. The van der Waals surface area contributed by atoms with E-state index >= 15 is 0 Å². The van der Waals surface area contributed by atoms with Crippen LogP contribution >= 0.6 is 31.9 Å². The molecule has 0 saturated carbocycles. The van der Waals surface area contributed by atoms with Gasteiger partial charge in [-0.2, -0.15) is 5.10 Å². The van der Waals surface area contributed by atoms with E-state index in [1.165, 1.54) is 6.21 Å². The topological polar surface area (TPSA) is 50.7 Å². The number of carbonyl (C=O) groups excluding carboxylic acids is 1. The largest absolute Gasteiger partial charge is 0.484 e. The van der Waals surface area contributed by atoms with Gasteiger partial charge in [-0.3, -0.25) is 4.79 Å². The quantitative estimate of drug-likeness (QED) is 0.539. The molecule has 0 unspecified atom stereocenters. The third-order valence-corrected chi connectivity index (χ3v) is 3.63. The first-order valence-corrected chi connectivity index (χ1v) is 8.34.